The maximum atomic E-state index is 13.0. The molecule has 1 saturated carbocycles. The van der Waals surface area contributed by atoms with E-state index in [0.29, 0.717) is 53.1 Å². The number of carboxylic acid groups (broad SMARTS) is 2. The molecule has 326 valence electrons. The zero-order valence-electron chi connectivity index (χ0n) is 36.5. The number of cyclic esters (lactones) is 1. The summed E-state index contributed by atoms with van der Waals surface area (Å²) in [7, 11) is 0. The SMILES string of the molecule is C=CC1=C(C)c2nc1cc1[nH]c(cc3[nH]c(cc4nc(c2CC[C@H]2[C@H](C)CC[C@H]5[C@@H](C)C(=O)O[C@H](OC(C)=O)[C@@]25O)C(C=C)=C4C)c(C)c3CCC(=O)O)c(CCC(=O)O)c1C. The maximum absolute atomic E-state index is 13.0. The molecule has 0 unspecified atom stereocenters. The zero-order chi connectivity index (χ0) is 44.9. The number of carbonyl (C=O) groups is 4. The van der Waals surface area contributed by atoms with Crippen LogP contribution in [0, 0.1) is 37.5 Å². The van der Waals surface area contributed by atoms with Gasteiger partial charge < -0.3 is 34.8 Å². The molecular formula is C49H56N4O9. The molecule has 13 nitrogen and oxygen atoms in total. The average molecular weight is 845 g/mol. The molecule has 6 atom stereocenters. The second kappa shape index (κ2) is 17.0. The number of hydrogen-bond donors (Lipinski definition) is 5. The van der Waals surface area contributed by atoms with Gasteiger partial charge in [0.05, 0.1) is 28.7 Å². The Labute approximate surface area is 360 Å². The Morgan fingerprint density at radius 3 is 1.92 bits per heavy atom. The number of rotatable bonds is 12. The largest absolute Gasteiger partial charge is 0.481 e. The van der Waals surface area contributed by atoms with E-state index >= 15 is 0 Å². The van der Waals surface area contributed by atoms with Crippen LogP contribution in [0.15, 0.2) is 43.5 Å². The van der Waals surface area contributed by atoms with E-state index in [4.69, 9.17) is 19.4 Å². The summed E-state index contributed by atoms with van der Waals surface area (Å²) in [6.07, 6.45) is 4.57. The highest BCUT2D eigenvalue weighted by Gasteiger charge is 2.62. The number of aromatic amines is 2. The summed E-state index contributed by atoms with van der Waals surface area (Å²) in [5, 5.41) is 32.2. The number of fused-ring (bicyclic) bond motifs is 9. The first-order valence-electron chi connectivity index (χ1n) is 21.4. The molecule has 0 aromatic carbocycles. The van der Waals surface area contributed by atoms with Crippen LogP contribution in [-0.4, -0.2) is 71.0 Å². The Morgan fingerprint density at radius 2 is 1.37 bits per heavy atom. The van der Waals surface area contributed by atoms with Crippen molar-refractivity contribution in [2.75, 3.05) is 0 Å². The van der Waals surface area contributed by atoms with E-state index in [2.05, 4.69) is 30.0 Å². The molecule has 7 rings (SSSR count). The van der Waals surface area contributed by atoms with E-state index in [0.717, 1.165) is 67.6 Å². The fourth-order valence-electron chi connectivity index (χ4n) is 10.4. The monoisotopic (exact) mass is 844 g/mol. The number of allylic oxidation sites excluding steroid dienone is 6. The van der Waals surface area contributed by atoms with Gasteiger partial charge >= 0.3 is 23.9 Å². The molecule has 0 spiro atoms. The van der Waals surface area contributed by atoms with E-state index in [9.17, 15) is 34.5 Å². The van der Waals surface area contributed by atoms with Gasteiger partial charge in [0, 0.05) is 64.5 Å². The van der Waals surface area contributed by atoms with Gasteiger partial charge in [0.15, 0.2) is 0 Å². The molecule has 2 fully saturated rings. The number of ether oxygens (including phenoxy) is 2. The van der Waals surface area contributed by atoms with Crippen molar-refractivity contribution in [3.63, 3.8) is 0 Å². The van der Waals surface area contributed by atoms with Gasteiger partial charge in [-0.1, -0.05) is 39.2 Å². The number of carboxylic acids is 2. The van der Waals surface area contributed by atoms with Crippen LogP contribution in [0.1, 0.15) is 117 Å². The lowest BCUT2D eigenvalue weighted by Gasteiger charge is -2.55. The van der Waals surface area contributed by atoms with Gasteiger partial charge in [-0.05, 0) is 130 Å². The molecule has 1 aliphatic carbocycles. The van der Waals surface area contributed by atoms with E-state index in [-0.39, 0.29) is 31.6 Å². The fourth-order valence-corrected chi connectivity index (χ4v) is 10.4. The lowest BCUT2D eigenvalue weighted by molar-refractivity contribution is -0.297. The van der Waals surface area contributed by atoms with Crippen molar-refractivity contribution in [1.29, 1.82) is 0 Å². The van der Waals surface area contributed by atoms with E-state index in [1.807, 2.05) is 45.9 Å². The highest BCUT2D eigenvalue weighted by atomic mass is 16.7. The van der Waals surface area contributed by atoms with Gasteiger partial charge in [0.25, 0.3) is 6.29 Å². The van der Waals surface area contributed by atoms with E-state index in [1.165, 1.54) is 6.92 Å². The van der Waals surface area contributed by atoms with Gasteiger partial charge in [-0.25, -0.2) is 9.97 Å². The van der Waals surface area contributed by atoms with Gasteiger partial charge in [-0.2, -0.15) is 0 Å². The predicted molar refractivity (Wildman–Crippen MR) is 237 cm³/mol. The number of aliphatic carboxylic acids is 2. The second-order valence-corrected chi connectivity index (χ2v) is 17.3. The fraction of sp³-hybridized carbons (Fsp3) is 0.429. The van der Waals surface area contributed by atoms with Gasteiger partial charge in [-0.3, -0.25) is 19.2 Å². The molecule has 62 heavy (non-hydrogen) atoms. The van der Waals surface area contributed by atoms with Crippen LogP contribution >= 0.6 is 0 Å². The standard InChI is InChI=1S/C49H56N4O9/c1-10-30-27(7)45-34(13-17-35-23(3)12-16-36-28(8)47(59)62-48(49(35,36)60)61-29(9)54)46-31(11-2)24(4)39(52-46)20-37-25(5)32(14-18-43(55)56)41(50-37)22-42-33(15-19-44(57)58)26(6)38(51-42)21-40(30)53-45/h10-11,20-23,28,35-36,48,50-51,60H,1-2,12-19H2,3-9H3,(H,55,56)(H,57,58)/t23-,28-,35+,36+,48+,49-/m1/s1. The minimum atomic E-state index is -1.65. The van der Waals surface area contributed by atoms with Crippen LogP contribution in [0.3, 0.4) is 0 Å². The van der Waals surface area contributed by atoms with Crippen LogP contribution in [0.25, 0.3) is 44.4 Å². The summed E-state index contributed by atoms with van der Waals surface area (Å²) in [5.74, 6) is -4.58. The zero-order valence-corrected chi connectivity index (χ0v) is 36.5. The van der Waals surface area contributed by atoms with Crippen LogP contribution in [0.5, 0.6) is 0 Å². The summed E-state index contributed by atoms with van der Waals surface area (Å²) in [5.41, 5.74) is 11.4. The van der Waals surface area contributed by atoms with Crippen LogP contribution < -0.4 is 0 Å². The van der Waals surface area contributed by atoms with Gasteiger partial charge in [-0.15, -0.1) is 0 Å². The highest BCUT2D eigenvalue weighted by molar-refractivity contribution is 6.01. The lowest BCUT2D eigenvalue weighted by Crippen LogP contribution is -2.66. The molecule has 0 radical (unpaired) electrons. The normalized spacial score (nSPS) is 23.5. The van der Waals surface area contributed by atoms with Gasteiger partial charge in [0.1, 0.15) is 5.60 Å². The third-order valence-corrected chi connectivity index (χ3v) is 13.8. The summed E-state index contributed by atoms with van der Waals surface area (Å²) in [4.78, 5) is 66.8. The number of aliphatic hydroxyl groups is 1. The maximum Gasteiger partial charge on any atom is 0.312 e. The van der Waals surface area contributed by atoms with Crippen molar-refractivity contribution in [2.24, 2.45) is 23.7 Å². The molecule has 3 aromatic rings. The summed E-state index contributed by atoms with van der Waals surface area (Å²) < 4.78 is 11.3. The number of carbonyl (C=O) groups excluding carboxylic acids is 2. The Hall–Kier alpha value is -6.08. The smallest absolute Gasteiger partial charge is 0.312 e. The first kappa shape index (κ1) is 44.0. The quantitative estimate of drug-likeness (QED) is 0.109. The summed E-state index contributed by atoms with van der Waals surface area (Å²) in [6, 6.07) is 5.83. The molecule has 4 aliphatic rings. The lowest BCUT2D eigenvalue weighted by atomic mass is 9.58. The van der Waals surface area contributed by atoms with Crippen molar-refractivity contribution in [2.45, 2.75) is 112 Å². The van der Waals surface area contributed by atoms with Crippen LogP contribution in [0.2, 0.25) is 0 Å². The van der Waals surface area contributed by atoms with Crippen molar-refractivity contribution in [1.82, 2.24) is 19.9 Å². The number of esters is 2. The Morgan fingerprint density at radius 1 is 0.806 bits per heavy atom. The number of nitrogens with one attached hydrogen (secondary N) is 2. The third-order valence-electron chi connectivity index (χ3n) is 13.8. The number of hydrogen-bond acceptors (Lipinski definition) is 9. The topological polar surface area (TPSA) is 205 Å². The van der Waals surface area contributed by atoms with Crippen molar-refractivity contribution in [3.05, 3.63) is 94.1 Å². The first-order valence-corrected chi connectivity index (χ1v) is 21.4. The predicted octanol–water partition coefficient (Wildman–Crippen LogP) is 8.61. The van der Waals surface area contributed by atoms with E-state index < -0.39 is 53.5 Å². The Balaban J connectivity index is 1.53. The minimum Gasteiger partial charge on any atom is -0.481 e. The molecule has 8 bridgehead atoms. The highest BCUT2D eigenvalue weighted by Crippen LogP contribution is 2.53. The first-order chi connectivity index (χ1) is 29.4. The second-order valence-electron chi connectivity index (χ2n) is 17.3. The minimum absolute atomic E-state index is 0.0267. The number of H-pyrrole nitrogens is 2. The molecular weight excluding hydrogens is 789 g/mol. The number of nitrogens with zero attached hydrogens (tertiary/aromatic N) is 2. The van der Waals surface area contributed by atoms with Crippen LogP contribution in [-0.2, 0) is 47.9 Å². The molecule has 3 aliphatic heterocycles. The number of aromatic nitrogens is 4. The Bertz CT molecular complexity index is 2660. The molecule has 1 saturated heterocycles. The molecule has 13 heteroatoms. The van der Waals surface area contributed by atoms with Gasteiger partial charge in [0.2, 0.25) is 0 Å². The molecule has 0 amide bonds. The average Bonchev–Trinajstić information content (AvgIpc) is 3.88. The molecule has 5 N–H and O–H groups in total. The third kappa shape index (κ3) is 7.71. The van der Waals surface area contributed by atoms with Crippen molar-refractivity contribution in [3.8, 4) is 0 Å². The summed E-state index contributed by atoms with van der Waals surface area (Å²) in [6.45, 7) is 21.3. The van der Waals surface area contributed by atoms with Crippen LogP contribution in [0.4, 0.5) is 0 Å². The van der Waals surface area contributed by atoms with E-state index in [1.54, 1.807) is 19.1 Å². The number of aryl methyl sites for hydroxylation is 4. The summed E-state index contributed by atoms with van der Waals surface area (Å²) >= 11 is 0. The molecule has 6 heterocycles. The van der Waals surface area contributed by atoms with Crippen molar-refractivity contribution >= 4 is 68.2 Å². The van der Waals surface area contributed by atoms with Crippen molar-refractivity contribution < 1.29 is 44.0 Å². The Kier molecular flexibility index (Phi) is 12.1. The molecule has 3 aromatic heterocycles.